The Morgan fingerprint density at radius 3 is 2.00 bits per heavy atom. The van der Waals surface area contributed by atoms with Crippen LogP contribution in [-0.2, 0) is 9.31 Å². The van der Waals surface area contributed by atoms with Gasteiger partial charge in [-0.05, 0) is 62.8 Å². The molecule has 4 rings (SSSR count). The first-order valence-corrected chi connectivity index (χ1v) is 11.0. The maximum absolute atomic E-state index is 12.6. The predicted octanol–water partition coefficient (Wildman–Crippen LogP) is 2.75. The van der Waals surface area contributed by atoms with Crippen LogP contribution in [0.25, 0.3) is 0 Å². The number of benzene rings is 2. The second-order valence-electron chi connectivity index (χ2n) is 8.88. The molecule has 2 aromatic carbocycles. The van der Waals surface area contributed by atoms with Crippen LogP contribution in [-0.4, -0.2) is 67.7 Å². The smallest absolute Gasteiger partial charge is 0.534 e. The largest absolute Gasteiger partial charge is 0.563 e. The highest BCUT2D eigenvalue weighted by atomic mass is 16.7. The summed E-state index contributed by atoms with van der Waals surface area (Å²) in [6.45, 7) is 10.9. The molecular weight excluding hydrogens is 419 g/mol. The highest BCUT2D eigenvalue weighted by Gasteiger charge is 2.42. The third-order valence-electron chi connectivity index (χ3n) is 5.94. The van der Waals surface area contributed by atoms with E-state index in [0.29, 0.717) is 22.7 Å². The summed E-state index contributed by atoms with van der Waals surface area (Å²) in [7, 11) is 1.54. The summed E-state index contributed by atoms with van der Waals surface area (Å²) >= 11 is 0. The Morgan fingerprint density at radius 2 is 1.48 bits per heavy atom. The number of hydrogen-bond acceptors (Lipinski definition) is 5. The summed E-state index contributed by atoms with van der Waals surface area (Å²) in [5.41, 5.74) is 2.16. The lowest BCUT2D eigenvalue weighted by molar-refractivity contribution is 0.0664. The minimum atomic E-state index is -0.536. The molecule has 2 saturated heterocycles. The van der Waals surface area contributed by atoms with Crippen molar-refractivity contribution >= 4 is 35.9 Å². The Kier molecular flexibility index (Phi) is 6.44. The van der Waals surface area contributed by atoms with Gasteiger partial charge in [0.2, 0.25) is 0 Å². The molecule has 9 heteroatoms. The number of carbonyl (C=O) groups is 2. The molecule has 3 amide bonds. The number of piperazine rings is 1. The predicted molar refractivity (Wildman–Crippen MR) is 130 cm³/mol. The minimum absolute atomic E-state index is 0.0152. The lowest BCUT2D eigenvalue weighted by Crippen LogP contribution is -2.47. The van der Waals surface area contributed by atoms with Gasteiger partial charge in [-0.2, -0.15) is 0 Å². The van der Waals surface area contributed by atoms with E-state index in [1.807, 2.05) is 30.9 Å². The first-order chi connectivity index (χ1) is 15.7. The molecule has 2 aliphatic rings. The molecule has 0 atom stereocenters. The van der Waals surface area contributed by atoms with Gasteiger partial charge in [-0.3, -0.25) is 4.79 Å². The first-order valence-electron chi connectivity index (χ1n) is 11.0. The van der Waals surface area contributed by atoms with Crippen LogP contribution in [0.15, 0.2) is 60.9 Å². The van der Waals surface area contributed by atoms with E-state index < -0.39 is 12.7 Å². The highest BCUT2D eigenvalue weighted by Crippen LogP contribution is 2.29. The molecule has 8 nitrogen and oxygen atoms in total. The standard InChI is InChI=1S/C24H29BN4O4/c1-17-24(2,3)33-25(32-17)19-7-11-21(12-8-19)27-23(31)26-20-9-5-18(6-10-20)22(30)29-15-13-28(4)14-16-29/h5-12H,1,13-16H2,2-4H3,(H2,26,27,31). The van der Waals surface area contributed by atoms with E-state index in [-0.39, 0.29) is 11.9 Å². The van der Waals surface area contributed by atoms with Gasteiger partial charge in [0.05, 0.1) is 5.76 Å². The van der Waals surface area contributed by atoms with Gasteiger partial charge in [-0.15, -0.1) is 0 Å². The molecule has 33 heavy (non-hydrogen) atoms. The summed E-state index contributed by atoms with van der Waals surface area (Å²) < 4.78 is 11.6. The summed E-state index contributed by atoms with van der Waals surface area (Å²) in [6.07, 6.45) is 0. The normalized spacial score (nSPS) is 18.1. The number of likely N-dealkylation sites (N-methyl/N-ethyl adjacent to an activating group) is 1. The Balaban J connectivity index is 1.30. The maximum atomic E-state index is 12.6. The third kappa shape index (κ3) is 5.38. The van der Waals surface area contributed by atoms with E-state index in [2.05, 4.69) is 29.2 Å². The van der Waals surface area contributed by atoms with Crippen molar-refractivity contribution < 1.29 is 18.9 Å². The van der Waals surface area contributed by atoms with Crippen LogP contribution >= 0.6 is 0 Å². The first kappa shape index (κ1) is 22.9. The van der Waals surface area contributed by atoms with Crippen LogP contribution in [0.3, 0.4) is 0 Å². The van der Waals surface area contributed by atoms with Crippen LogP contribution in [0.4, 0.5) is 16.2 Å². The highest BCUT2D eigenvalue weighted by molar-refractivity contribution is 6.62. The van der Waals surface area contributed by atoms with Crippen molar-refractivity contribution in [2.45, 2.75) is 19.4 Å². The molecule has 2 N–H and O–H groups in total. The van der Waals surface area contributed by atoms with Crippen LogP contribution in [0, 0.1) is 0 Å². The molecule has 0 aliphatic carbocycles. The number of anilines is 2. The number of amides is 3. The fraction of sp³-hybridized carbons (Fsp3) is 0.333. The van der Waals surface area contributed by atoms with Gasteiger partial charge in [0.1, 0.15) is 5.60 Å². The van der Waals surface area contributed by atoms with Crippen molar-refractivity contribution in [1.82, 2.24) is 9.80 Å². The zero-order valence-corrected chi connectivity index (χ0v) is 19.3. The SMILES string of the molecule is C=C1OB(c2ccc(NC(=O)Nc3ccc(C(=O)N4CCN(C)CC4)cc3)cc2)OC1(C)C. The van der Waals surface area contributed by atoms with Crippen molar-refractivity contribution in [2.75, 3.05) is 43.9 Å². The number of carbonyl (C=O) groups excluding carboxylic acids is 2. The molecular formula is C24H29BN4O4. The van der Waals surface area contributed by atoms with E-state index >= 15 is 0 Å². The Bertz CT molecular complexity index is 1030. The van der Waals surface area contributed by atoms with Crippen molar-refractivity contribution in [3.05, 3.63) is 66.4 Å². The van der Waals surface area contributed by atoms with Crippen molar-refractivity contribution in [1.29, 1.82) is 0 Å². The van der Waals surface area contributed by atoms with Gasteiger partial charge >= 0.3 is 13.1 Å². The molecule has 2 heterocycles. The van der Waals surface area contributed by atoms with Crippen molar-refractivity contribution in [3.8, 4) is 0 Å². The van der Waals surface area contributed by atoms with Crippen LogP contribution in [0.2, 0.25) is 0 Å². The van der Waals surface area contributed by atoms with Crippen molar-refractivity contribution in [2.24, 2.45) is 0 Å². The van der Waals surface area contributed by atoms with Gasteiger partial charge in [0, 0.05) is 43.1 Å². The van der Waals surface area contributed by atoms with E-state index in [0.717, 1.165) is 31.6 Å². The number of nitrogens with zero attached hydrogens (tertiary/aromatic N) is 2. The summed E-state index contributed by atoms with van der Waals surface area (Å²) in [4.78, 5) is 29.1. The second-order valence-corrected chi connectivity index (χ2v) is 8.88. The molecule has 2 aliphatic heterocycles. The average Bonchev–Trinajstić information content (AvgIpc) is 3.07. The molecule has 0 bridgehead atoms. The maximum Gasteiger partial charge on any atom is 0.563 e. The number of nitrogens with one attached hydrogen (secondary N) is 2. The van der Waals surface area contributed by atoms with E-state index in [1.165, 1.54) is 0 Å². The summed E-state index contributed by atoms with van der Waals surface area (Å²) in [5, 5.41) is 5.58. The van der Waals surface area contributed by atoms with E-state index in [9.17, 15) is 9.59 Å². The lowest BCUT2D eigenvalue weighted by atomic mass is 9.79. The molecule has 2 aromatic rings. The monoisotopic (exact) mass is 448 g/mol. The van der Waals surface area contributed by atoms with E-state index in [1.54, 1.807) is 36.4 Å². The molecule has 0 radical (unpaired) electrons. The molecule has 172 valence electrons. The van der Waals surface area contributed by atoms with Gasteiger partial charge in [-0.25, -0.2) is 4.79 Å². The molecule has 0 aromatic heterocycles. The fourth-order valence-corrected chi connectivity index (χ4v) is 3.67. The number of hydrogen-bond donors (Lipinski definition) is 2. The Labute approximate surface area is 194 Å². The topological polar surface area (TPSA) is 83.1 Å². The van der Waals surface area contributed by atoms with Crippen molar-refractivity contribution in [3.63, 3.8) is 0 Å². The Hall–Kier alpha value is -3.30. The number of urea groups is 1. The van der Waals surface area contributed by atoms with Crippen LogP contribution in [0.1, 0.15) is 24.2 Å². The lowest BCUT2D eigenvalue weighted by Gasteiger charge is -2.32. The summed E-state index contributed by atoms with van der Waals surface area (Å²) in [5.74, 6) is 0.603. The quantitative estimate of drug-likeness (QED) is 0.703. The van der Waals surface area contributed by atoms with Crippen LogP contribution < -0.4 is 16.1 Å². The van der Waals surface area contributed by atoms with Gasteiger partial charge in [-0.1, -0.05) is 18.7 Å². The number of rotatable bonds is 4. The fourth-order valence-electron chi connectivity index (χ4n) is 3.67. The molecule has 0 spiro atoms. The zero-order valence-electron chi connectivity index (χ0n) is 19.3. The molecule has 0 saturated carbocycles. The van der Waals surface area contributed by atoms with E-state index in [4.69, 9.17) is 9.31 Å². The third-order valence-corrected chi connectivity index (χ3v) is 5.94. The second kappa shape index (κ2) is 9.29. The Morgan fingerprint density at radius 1 is 0.939 bits per heavy atom. The van der Waals surface area contributed by atoms with Gasteiger partial charge in [0.25, 0.3) is 5.91 Å². The molecule has 2 fully saturated rings. The summed E-state index contributed by atoms with van der Waals surface area (Å²) in [6, 6.07) is 13.8. The van der Waals surface area contributed by atoms with Gasteiger partial charge < -0.3 is 29.7 Å². The zero-order chi connectivity index (χ0) is 23.6. The minimum Gasteiger partial charge on any atom is -0.534 e. The van der Waals surface area contributed by atoms with Gasteiger partial charge in [0.15, 0.2) is 0 Å². The van der Waals surface area contributed by atoms with Crippen LogP contribution in [0.5, 0.6) is 0 Å². The molecule has 0 unspecified atom stereocenters. The average molecular weight is 448 g/mol.